The first-order chi connectivity index (χ1) is 12.9. The standard InChI is InChI=1S/C17H19BrF3N5O2/c1-16(2,3)28-15(27)25-9-6-10(25)8-24(7-9)14-22-13-11(17(19,20)21)4-5-12(18)26(13)23-14/h4-5,9-10H,6-8H2,1-3H3. The zero-order valence-corrected chi connectivity index (χ0v) is 17.1. The Morgan fingerprint density at radius 1 is 1.21 bits per heavy atom. The van der Waals surface area contributed by atoms with Crippen LogP contribution in [0.25, 0.3) is 5.65 Å². The Hall–Kier alpha value is -2.04. The summed E-state index contributed by atoms with van der Waals surface area (Å²) >= 11 is 3.22. The van der Waals surface area contributed by atoms with Gasteiger partial charge in [0.15, 0.2) is 5.65 Å². The predicted molar refractivity (Wildman–Crippen MR) is 98.2 cm³/mol. The van der Waals surface area contributed by atoms with Crippen LogP contribution in [0.4, 0.5) is 23.9 Å². The molecule has 152 valence electrons. The molecule has 2 aromatic rings. The summed E-state index contributed by atoms with van der Waals surface area (Å²) in [5.41, 5.74) is -1.67. The van der Waals surface area contributed by atoms with Crippen molar-refractivity contribution in [2.75, 3.05) is 18.0 Å². The van der Waals surface area contributed by atoms with Crippen LogP contribution in [0.5, 0.6) is 0 Å². The van der Waals surface area contributed by atoms with Gasteiger partial charge < -0.3 is 9.64 Å². The Kier molecular flexibility index (Phi) is 4.29. The number of nitrogens with zero attached hydrogens (tertiary/aromatic N) is 5. The van der Waals surface area contributed by atoms with E-state index in [2.05, 4.69) is 26.0 Å². The van der Waals surface area contributed by atoms with Gasteiger partial charge in [0, 0.05) is 13.1 Å². The molecule has 3 fully saturated rings. The van der Waals surface area contributed by atoms with E-state index in [1.54, 1.807) is 4.90 Å². The molecule has 0 spiro atoms. The summed E-state index contributed by atoms with van der Waals surface area (Å²) in [6, 6.07) is 2.15. The SMILES string of the molecule is CC(C)(C)OC(=O)N1C2CC1CN(c1nc3c(C(F)(F)F)ccc(Br)n3n1)C2. The third-order valence-electron chi connectivity index (χ3n) is 4.81. The number of carbonyl (C=O) groups is 1. The van der Waals surface area contributed by atoms with Gasteiger partial charge in [-0.15, -0.1) is 5.10 Å². The molecule has 5 heterocycles. The molecule has 0 aromatic carbocycles. The van der Waals surface area contributed by atoms with E-state index in [1.165, 1.54) is 6.07 Å². The lowest BCUT2D eigenvalue weighted by molar-refractivity contribution is -0.136. The summed E-state index contributed by atoms with van der Waals surface area (Å²) in [6.45, 7) is 6.33. The van der Waals surface area contributed by atoms with E-state index < -0.39 is 17.3 Å². The second kappa shape index (κ2) is 6.23. The van der Waals surface area contributed by atoms with Gasteiger partial charge >= 0.3 is 12.3 Å². The van der Waals surface area contributed by atoms with E-state index in [0.717, 1.165) is 17.0 Å². The number of piperidine rings is 1. The number of aromatic nitrogens is 3. The molecular formula is C17H19BrF3N5O2. The molecule has 2 bridgehead atoms. The van der Waals surface area contributed by atoms with Crippen LogP contribution >= 0.6 is 15.9 Å². The Morgan fingerprint density at radius 3 is 2.43 bits per heavy atom. The van der Waals surface area contributed by atoms with Crippen molar-refractivity contribution in [1.29, 1.82) is 0 Å². The Morgan fingerprint density at radius 2 is 1.86 bits per heavy atom. The van der Waals surface area contributed by atoms with Crippen molar-refractivity contribution < 1.29 is 22.7 Å². The molecular weight excluding hydrogens is 443 g/mol. The molecule has 0 aliphatic carbocycles. The predicted octanol–water partition coefficient (Wildman–Crippen LogP) is 3.71. The van der Waals surface area contributed by atoms with Crippen LogP contribution in [0.3, 0.4) is 0 Å². The second-order valence-corrected chi connectivity index (χ2v) is 8.86. The van der Waals surface area contributed by atoms with Gasteiger partial charge in [0.05, 0.1) is 12.1 Å². The number of carbonyl (C=O) groups excluding carboxylic acids is 1. The summed E-state index contributed by atoms with van der Waals surface area (Å²) in [5.74, 6) is 0.218. The van der Waals surface area contributed by atoms with E-state index in [9.17, 15) is 18.0 Å². The molecule has 7 nitrogen and oxygen atoms in total. The van der Waals surface area contributed by atoms with Crippen molar-refractivity contribution in [3.05, 3.63) is 22.3 Å². The first-order valence-corrected chi connectivity index (χ1v) is 9.62. The van der Waals surface area contributed by atoms with Crippen LogP contribution in [0.2, 0.25) is 0 Å². The smallest absolute Gasteiger partial charge is 0.420 e. The quantitative estimate of drug-likeness (QED) is 0.605. The molecule has 2 unspecified atom stereocenters. The fraction of sp³-hybridized carbons (Fsp3) is 0.588. The maximum Gasteiger partial charge on any atom is 0.420 e. The zero-order chi connectivity index (χ0) is 20.4. The minimum absolute atomic E-state index is 0.0641. The second-order valence-electron chi connectivity index (χ2n) is 8.05. The van der Waals surface area contributed by atoms with Gasteiger partial charge in [-0.1, -0.05) is 0 Å². The number of anilines is 1. The third-order valence-corrected chi connectivity index (χ3v) is 5.41. The fourth-order valence-corrected chi connectivity index (χ4v) is 4.04. The summed E-state index contributed by atoms with van der Waals surface area (Å²) in [6.07, 6.45) is -4.05. The normalized spacial score (nSPS) is 22.4. The minimum atomic E-state index is -4.52. The van der Waals surface area contributed by atoms with Gasteiger partial charge in [0.1, 0.15) is 15.8 Å². The Labute approximate surface area is 167 Å². The molecule has 3 aliphatic rings. The molecule has 28 heavy (non-hydrogen) atoms. The zero-order valence-electron chi connectivity index (χ0n) is 15.5. The van der Waals surface area contributed by atoms with Crippen molar-refractivity contribution in [3.63, 3.8) is 0 Å². The van der Waals surface area contributed by atoms with Crippen LogP contribution in [-0.2, 0) is 10.9 Å². The van der Waals surface area contributed by atoms with Crippen LogP contribution in [-0.4, -0.2) is 56.4 Å². The average molecular weight is 462 g/mol. The Bertz CT molecular complexity index is 927. The van der Waals surface area contributed by atoms with Crippen molar-refractivity contribution in [2.45, 2.75) is 51.1 Å². The summed E-state index contributed by atoms with van der Waals surface area (Å²) in [5, 5.41) is 4.24. The van der Waals surface area contributed by atoms with Crippen LogP contribution < -0.4 is 4.90 Å². The summed E-state index contributed by atoms with van der Waals surface area (Å²) in [7, 11) is 0. The Balaban J connectivity index is 1.57. The number of pyridine rings is 1. The third kappa shape index (κ3) is 3.29. The van der Waals surface area contributed by atoms with Crippen molar-refractivity contribution in [1.82, 2.24) is 19.5 Å². The van der Waals surface area contributed by atoms with E-state index in [4.69, 9.17) is 4.74 Å². The van der Waals surface area contributed by atoms with Crippen molar-refractivity contribution >= 4 is 33.6 Å². The molecule has 5 rings (SSSR count). The molecule has 3 saturated heterocycles. The van der Waals surface area contributed by atoms with Gasteiger partial charge in [0.2, 0.25) is 5.95 Å². The molecule has 0 radical (unpaired) electrons. The van der Waals surface area contributed by atoms with Gasteiger partial charge in [0.25, 0.3) is 0 Å². The molecule has 3 aliphatic heterocycles. The van der Waals surface area contributed by atoms with Crippen LogP contribution in [0.15, 0.2) is 16.7 Å². The maximum absolute atomic E-state index is 13.3. The molecule has 2 aromatic heterocycles. The fourth-order valence-electron chi connectivity index (χ4n) is 3.66. The molecule has 2 atom stereocenters. The largest absolute Gasteiger partial charge is 0.444 e. The highest BCUT2D eigenvalue weighted by Crippen LogP contribution is 2.37. The number of fused-ring (bicyclic) bond motifs is 3. The highest BCUT2D eigenvalue weighted by atomic mass is 79.9. The number of piperazine rings is 1. The minimum Gasteiger partial charge on any atom is -0.444 e. The first kappa shape index (κ1) is 19.3. The van der Waals surface area contributed by atoms with Gasteiger partial charge in [-0.25, -0.2) is 9.31 Å². The number of rotatable bonds is 1. The van der Waals surface area contributed by atoms with Gasteiger partial charge in [-0.05, 0) is 55.3 Å². The topological polar surface area (TPSA) is 63.0 Å². The number of amides is 1. The van der Waals surface area contributed by atoms with Crippen molar-refractivity contribution in [3.8, 4) is 0 Å². The van der Waals surface area contributed by atoms with Gasteiger partial charge in [-0.2, -0.15) is 18.2 Å². The highest BCUT2D eigenvalue weighted by molar-refractivity contribution is 9.10. The van der Waals surface area contributed by atoms with Crippen LogP contribution in [0.1, 0.15) is 32.8 Å². The van der Waals surface area contributed by atoms with Crippen LogP contribution in [0, 0.1) is 0 Å². The van der Waals surface area contributed by atoms with E-state index in [1.807, 2.05) is 25.7 Å². The number of hydrogen-bond donors (Lipinski definition) is 0. The first-order valence-electron chi connectivity index (χ1n) is 8.83. The number of alkyl halides is 3. The number of hydrogen-bond acceptors (Lipinski definition) is 5. The lowest BCUT2D eigenvalue weighted by Crippen LogP contribution is -2.70. The van der Waals surface area contributed by atoms with E-state index >= 15 is 0 Å². The van der Waals surface area contributed by atoms with Gasteiger partial charge in [-0.3, -0.25) is 4.90 Å². The van der Waals surface area contributed by atoms with E-state index in [-0.39, 0.29) is 29.8 Å². The molecule has 11 heteroatoms. The monoisotopic (exact) mass is 461 g/mol. The van der Waals surface area contributed by atoms with E-state index in [0.29, 0.717) is 17.7 Å². The number of ether oxygens (including phenoxy) is 1. The number of halogens is 4. The lowest BCUT2D eigenvalue weighted by Gasteiger charge is -2.55. The molecule has 1 amide bonds. The summed E-state index contributed by atoms with van der Waals surface area (Å²) < 4.78 is 46.8. The molecule has 0 N–H and O–H groups in total. The summed E-state index contributed by atoms with van der Waals surface area (Å²) in [4.78, 5) is 20.0. The highest BCUT2D eigenvalue weighted by Gasteiger charge is 2.49. The van der Waals surface area contributed by atoms with Crippen molar-refractivity contribution in [2.24, 2.45) is 0 Å². The maximum atomic E-state index is 13.3. The average Bonchev–Trinajstić information content (AvgIpc) is 2.98. The molecule has 0 saturated carbocycles. The lowest BCUT2D eigenvalue weighted by atomic mass is 9.88.